The molecule has 2 bridgehead atoms. The van der Waals surface area contributed by atoms with E-state index in [1.165, 1.54) is 0 Å². The third-order valence-corrected chi connectivity index (χ3v) is 10.1. The van der Waals surface area contributed by atoms with E-state index in [1.54, 1.807) is 0 Å². The molecule has 0 aromatic rings. The molecule has 0 atom stereocenters. The van der Waals surface area contributed by atoms with Gasteiger partial charge in [-0.05, 0) is 0 Å². The summed E-state index contributed by atoms with van der Waals surface area (Å²) in [6.07, 6.45) is 0. The molecule has 0 radical (unpaired) electrons. The Bertz CT molecular complexity index is 106. The molecule has 0 spiro atoms. The monoisotopic (exact) mass is 182 g/mol. The molecule has 3 aliphatic rings. The van der Waals surface area contributed by atoms with Crippen LogP contribution in [0.4, 0.5) is 0 Å². The van der Waals surface area contributed by atoms with Crippen molar-refractivity contribution < 1.29 is 20.0 Å². The van der Waals surface area contributed by atoms with Crippen molar-refractivity contribution in [1.29, 1.82) is 0 Å². The van der Waals surface area contributed by atoms with Crippen molar-refractivity contribution in [1.82, 2.24) is 0 Å². The fourth-order valence-electron chi connectivity index (χ4n) is 0.340. The van der Waals surface area contributed by atoms with Gasteiger partial charge in [-0.25, -0.2) is 0 Å². The first kappa shape index (κ1) is 5.84. The van der Waals surface area contributed by atoms with Crippen molar-refractivity contribution in [3.63, 3.8) is 0 Å². The zero-order valence-corrected chi connectivity index (χ0v) is 6.47. The van der Waals surface area contributed by atoms with E-state index in [-0.39, 0.29) is 5.48 Å². The number of hydrogen-bond acceptors (Lipinski definition) is 4. The summed E-state index contributed by atoms with van der Waals surface area (Å²) in [5.74, 6) is 0. The van der Waals surface area contributed by atoms with Crippen LogP contribution in [0.2, 0.25) is 0 Å². The van der Waals surface area contributed by atoms with E-state index >= 15 is 0 Å². The summed E-state index contributed by atoms with van der Waals surface area (Å²) in [6.45, 7) is 0. The van der Waals surface area contributed by atoms with Gasteiger partial charge in [0.1, 0.15) is 0 Å². The Morgan fingerprint density at radius 2 is 1.57 bits per heavy atom. The topological polar surface area (TPSA) is 76.3 Å². The Morgan fingerprint density at radius 1 is 1.29 bits per heavy atom. The van der Waals surface area contributed by atoms with E-state index < -0.39 is 25.1 Å². The van der Waals surface area contributed by atoms with E-state index in [2.05, 4.69) is 9.95 Å². The zero-order chi connectivity index (χ0) is 4.20. The molecule has 3 fully saturated rings. The molecule has 3 aliphatic heterocycles. The quantitative estimate of drug-likeness (QED) is 0.368. The first-order valence-electron chi connectivity index (χ1n) is 1.44. The maximum absolute atomic E-state index is 10.1. The van der Waals surface area contributed by atoms with Crippen LogP contribution in [0.25, 0.3) is 0 Å². The van der Waals surface area contributed by atoms with Crippen LogP contribution in [-0.2, 0) is 14.5 Å². The molecule has 3 rings (SSSR count). The second-order valence-electron chi connectivity index (χ2n) is 1.05. The van der Waals surface area contributed by atoms with Crippen LogP contribution in [0.1, 0.15) is 0 Å². The van der Waals surface area contributed by atoms with Gasteiger partial charge in [0.05, 0.1) is 0 Å². The Hall–Kier alpha value is 0.706. The first-order chi connectivity index (χ1) is 2.79. The number of phosphoric acid groups is 1. The summed E-state index contributed by atoms with van der Waals surface area (Å²) in [5, 5.41) is 0. The SMILES string of the molecule is O.O=P12[O][Ga]([O]1)[O]2. The molecule has 0 aromatic carbocycles. The van der Waals surface area contributed by atoms with Gasteiger partial charge in [0, 0.05) is 0 Å². The molecular formula is H2GaO5P. The summed E-state index contributed by atoms with van der Waals surface area (Å²) in [7, 11) is -2.74. The molecule has 7 heavy (non-hydrogen) atoms. The summed E-state index contributed by atoms with van der Waals surface area (Å²) >= 11 is -2.03. The van der Waals surface area contributed by atoms with Crippen LogP contribution >= 0.6 is 7.82 Å². The Morgan fingerprint density at radius 3 is 1.57 bits per heavy atom. The average molecular weight is 183 g/mol. The van der Waals surface area contributed by atoms with Crippen LogP contribution in [-0.4, -0.2) is 22.8 Å². The van der Waals surface area contributed by atoms with Crippen molar-refractivity contribution in [3.8, 4) is 0 Å². The second kappa shape index (κ2) is 1.35. The molecular weight excluding hydrogens is 181 g/mol. The van der Waals surface area contributed by atoms with Gasteiger partial charge in [0.25, 0.3) is 0 Å². The fraction of sp³-hybridized carbons (Fsp3) is 0. The van der Waals surface area contributed by atoms with Crippen molar-refractivity contribution in [2.24, 2.45) is 0 Å². The third-order valence-electron chi connectivity index (χ3n) is 0.645. The van der Waals surface area contributed by atoms with Crippen molar-refractivity contribution in [2.45, 2.75) is 0 Å². The van der Waals surface area contributed by atoms with Gasteiger partial charge >= 0.3 is 39.6 Å². The van der Waals surface area contributed by atoms with Gasteiger partial charge in [0.15, 0.2) is 0 Å². The van der Waals surface area contributed by atoms with Crippen LogP contribution in [0, 0.1) is 0 Å². The van der Waals surface area contributed by atoms with Gasteiger partial charge < -0.3 is 5.48 Å². The van der Waals surface area contributed by atoms with Crippen LogP contribution in [0.3, 0.4) is 0 Å². The Labute approximate surface area is 45.8 Å². The van der Waals surface area contributed by atoms with E-state index in [0.717, 1.165) is 0 Å². The molecule has 0 aliphatic carbocycles. The zero-order valence-electron chi connectivity index (χ0n) is 3.16. The van der Waals surface area contributed by atoms with Crippen LogP contribution in [0.5, 0.6) is 0 Å². The van der Waals surface area contributed by atoms with E-state index in [9.17, 15) is 4.57 Å². The Kier molecular flexibility index (Phi) is 1.13. The van der Waals surface area contributed by atoms with E-state index in [0.29, 0.717) is 0 Å². The molecule has 7 heteroatoms. The summed E-state index contributed by atoms with van der Waals surface area (Å²) in [6, 6.07) is 0. The van der Waals surface area contributed by atoms with Crippen LogP contribution < -0.4 is 0 Å². The summed E-state index contributed by atoms with van der Waals surface area (Å²) < 4.78 is 23.7. The molecule has 0 saturated carbocycles. The van der Waals surface area contributed by atoms with Gasteiger partial charge in [-0.15, -0.1) is 0 Å². The second-order valence-corrected chi connectivity index (χ2v) is 7.77. The summed E-state index contributed by atoms with van der Waals surface area (Å²) in [5.41, 5.74) is 0. The maximum atomic E-state index is 10.1. The molecule has 3 saturated heterocycles. The molecule has 2 N–H and O–H groups in total. The first-order valence-corrected chi connectivity index (χ1v) is 5.87. The minimum atomic E-state index is -2.74. The molecule has 40 valence electrons. The third kappa shape index (κ3) is 0.602. The number of hydrogen-bond donors (Lipinski definition) is 0. The predicted molar refractivity (Wildman–Crippen MR) is 20.2 cm³/mol. The van der Waals surface area contributed by atoms with Crippen molar-refractivity contribution in [3.05, 3.63) is 0 Å². The van der Waals surface area contributed by atoms with Gasteiger partial charge in [-0.1, -0.05) is 0 Å². The molecule has 5 nitrogen and oxygen atoms in total. The minimum absolute atomic E-state index is 0. The van der Waals surface area contributed by atoms with Gasteiger partial charge in [0.2, 0.25) is 0 Å². The van der Waals surface area contributed by atoms with E-state index in [1.807, 2.05) is 0 Å². The van der Waals surface area contributed by atoms with E-state index in [4.69, 9.17) is 0 Å². The molecule has 0 amide bonds. The van der Waals surface area contributed by atoms with Crippen LogP contribution in [0.15, 0.2) is 0 Å². The average Bonchev–Trinajstić information content (AvgIpc) is 1.24. The molecule has 0 aromatic heterocycles. The normalized spacial score (nSPS) is 29.4. The molecule has 0 unspecified atom stereocenters. The van der Waals surface area contributed by atoms with Crippen molar-refractivity contribution in [2.75, 3.05) is 0 Å². The fourth-order valence-corrected chi connectivity index (χ4v) is 5.30. The molecule has 3 heterocycles. The van der Waals surface area contributed by atoms with Crippen molar-refractivity contribution >= 4 is 25.1 Å². The van der Waals surface area contributed by atoms with Gasteiger partial charge in [-0.2, -0.15) is 0 Å². The Balaban J connectivity index is 0.000000245. The standard InChI is InChI=1S/Ga.H3O4P.H2O/c;1-5(2,3)4;/h;(H3,1,2,3,4);1H2/q+3;;/p-3. The predicted octanol–water partition coefficient (Wildman–Crippen LogP) is -0.668. The summed E-state index contributed by atoms with van der Waals surface area (Å²) in [4.78, 5) is 0. The van der Waals surface area contributed by atoms with Gasteiger partial charge in [-0.3, -0.25) is 0 Å². The number of rotatable bonds is 0.